The first kappa shape index (κ1) is 9.03. The number of phenolic OH excluding ortho intramolecular Hbond substituents is 1. The van der Waals surface area contributed by atoms with Crippen LogP contribution in [0.5, 0.6) is 5.75 Å². The largest absolute Gasteiger partial charge is 0.508 e. The van der Waals surface area contributed by atoms with Crippen molar-refractivity contribution in [2.45, 2.75) is 18.3 Å². The van der Waals surface area contributed by atoms with Gasteiger partial charge in [0.1, 0.15) is 5.75 Å². The van der Waals surface area contributed by atoms with Crippen LogP contribution in [-0.4, -0.2) is 11.7 Å². The fraction of sp³-hybridized carbons (Fsp3) is 0.400. The van der Waals surface area contributed by atoms with Crippen LogP contribution in [0.25, 0.3) is 0 Å². The SMILES string of the molecule is NCC1(c2ccc(Br)cc2O)CC1. The van der Waals surface area contributed by atoms with Crippen LogP contribution in [-0.2, 0) is 5.41 Å². The van der Waals surface area contributed by atoms with E-state index in [-0.39, 0.29) is 5.41 Å². The Labute approximate surface area is 85.9 Å². The first-order valence-electron chi connectivity index (χ1n) is 4.37. The van der Waals surface area contributed by atoms with Crippen LogP contribution in [0.15, 0.2) is 22.7 Å². The summed E-state index contributed by atoms with van der Waals surface area (Å²) in [6.45, 7) is 0.627. The number of benzene rings is 1. The lowest BCUT2D eigenvalue weighted by atomic mass is 9.95. The van der Waals surface area contributed by atoms with Crippen molar-refractivity contribution in [1.29, 1.82) is 0 Å². The first-order valence-corrected chi connectivity index (χ1v) is 5.16. The molecule has 1 saturated carbocycles. The zero-order valence-electron chi connectivity index (χ0n) is 7.26. The van der Waals surface area contributed by atoms with Gasteiger partial charge in [0.15, 0.2) is 0 Å². The molecule has 1 aliphatic carbocycles. The quantitative estimate of drug-likeness (QED) is 0.834. The van der Waals surface area contributed by atoms with Crippen LogP contribution in [0.3, 0.4) is 0 Å². The number of halogens is 1. The van der Waals surface area contributed by atoms with Crippen molar-refractivity contribution in [3.63, 3.8) is 0 Å². The van der Waals surface area contributed by atoms with Gasteiger partial charge in [0.25, 0.3) is 0 Å². The van der Waals surface area contributed by atoms with E-state index in [0.29, 0.717) is 12.3 Å². The second-order valence-corrected chi connectivity index (χ2v) is 4.56. The molecule has 0 heterocycles. The standard InChI is InChI=1S/C10H12BrNO/c11-7-1-2-8(9(13)5-7)10(6-12)3-4-10/h1-2,5,13H,3-4,6,12H2. The molecule has 0 aliphatic heterocycles. The van der Waals surface area contributed by atoms with Crippen molar-refractivity contribution in [2.24, 2.45) is 5.73 Å². The summed E-state index contributed by atoms with van der Waals surface area (Å²) in [5.41, 5.74) is 6.76. The zero-order chi connectivity index (χ0) is 9.47. The summed E-state index contributed by atoms with van der Waals surface area (Å²) in [6.07, 6.45) is 2.19. The molecular weight excluding hydrogens is 230 g/mol. The molecule has 0 unspecified atom stereocenters. The van der Waals surface area contributed by atoms with Gasteiger partial charge in [-0.3, -0.25) is 0 Å². The second kappa shape index (κ2) is 3.00. The molecule has 0 aromatic heterocycles. The van der Waals surface area contributed by atoms with Crippen molar-refractivity contribution >= 4 is 15.9 Å². The molecule has 3 heteroatoms. The monoisotopic (exact) mass is 241 g/mol. The topological polar surface area (TPSA) is 46.2 Å². The summed E-state index contributed by atoms with van der Waals surface area (Å²) < 4.78 is 0.904. The van der Waals surface area contributed by atoms with E-state index >= 15 is 0 Å². The van der Waals surface area contributed by atoms with Gasteiger partial charge in [0.2, 0.25) is 0 Å². The van der Waals surface area contributed by atoms with E-state index in [4.69, 9.17) is 5.73 Å². The summed E-state index contributed by atoms with van der Waals surface area (Å²) in [7, 11) is 0. The maximum Gasteiger partial charge on any atom is 0.120 e. The van der Waals surface area contributed by atoms with Gasteiger partial charge < -0.3 is 10.8 Å². The van der Waals surface area contributed by atoms with Crippen LogP contribution < -0.4 is 5.73 Å². The number of phenols is 1. The number of aromatic hydroxyl groups is 1. The van der Waals surface area contributed by atoms with E-state index in [1.165, 1.54) is 0 Å². The van der Waals surface area contributed by atoms with Gasteiger partial charge in [-0.2, -0.15) is 0 Å². The Morgan fingerprint density at radius 2 is 2.15 bits per heavy atom. The van der Waals surface area contributed by atoms with Gasteiger partial charge in [-0.05, 0) is 25.0 Å². The average molecular weight is 242 g/mol. The Morgan fingerprint density at radius 3 is 2.62 bits per heavy atom. The third-order valence-electron chi connectivity index (χ3n) is 2.78. The summed E-state index contributed by atoms with van der Waals surface area (Å²) in [6, 6.07) is 5.63. The van der Waals surface area contributed by atoms with Crippen molar-refractivity contribution in [1.82, 2.24) is 0 Å². The Morgan fingerprint density at radius 1 is 1.46 bits per heavy atom. The van der Waals surface area contributed by atoms with E-state index in [9.17, 15) is 5.11 Å². The third kappa shape index (κ3) is 1.46. The highest BCUT2D eigenvalue weighted by Crippen LogP contribution is 2.50. The van der Waals surface area contributed by atoms with Gasteiger partial charge in [-0.25, -0.2) is 0 Å². The lowest BCUT2D eigenvalue weighted by Crippen LogP contribution is -2.19. The molecule has 1 aromatic rings. The number of hydrogen-bond donors (Lipinski definition) is 2. The van der Waals surface area contributed by atoms with Gasteiger partial charge in [-0.15, -0.1) is 0 Å². The van der Waals surface area contributed by atoms with Crippen molar-refractivity contribution in [3.05, 3.63) is 28.2 Å². The molecule has 0 amide bonds. The van der Waals surface area contributed by atoms with E-state index in [1.807, 2.05) is 12.1 Å². The van der Waals surface area contributed by atoms with Crippen LogP contribution >= 0.6 is 15.9 Å². The molecule has 0 bridgehead atoms. The highest BCUT2D eigenvalue weighted by Gasteiger charge is 2.44. The number of hydrogen-bond acceptors (Lipinski definition) is 2. The van der Waals surface area contributed by atoms with Crippen LogP contribution in [0.4, 0.5) is 0 Å². The number of rotatable bonds is 2. The minimum atomic E-state index is 0.0742. The average Bonchev–Trinajstić information content (AvgIpc) is 2.85. The van der Waals surface area contributed by atoms with Crippen molar-refractivity contribution in [3.8, 4) is 5.75 Å². The van der Waals surface area contributed by atoms with E-state index in [0.717, 1.165) is 22.9 Å². The van der Waals surface area contributed by atoms with Crippen LogP contribution in [0.2, 0.25) is 0 Å². The molecule has 2 rings (SSSR count). The minimum Gasteiger partial charge on any atom is -0.508 e. The molecule has 0 atom stereocenters. The van der Waals surface area contributed by atoms with Gasteiger partial charge in [0, 0.05) is 22.0 Å². The normalized spacial score (nSPS) is 18.6. The summed E-state index contributed by atoms with van der Waals surface area (Å²) in [4.78, 5) is 0. The Kier molecular flexibility index (Phi) is 2.08. The van der Waals surface area contributed by atoms with Crippen LogP contribution in [0.1, 0.15) is 18.4 Å². The van der Waals surface area contributed by atoms with Crippen LogP contribution in [0, 0.1) is 0 Å². The number of nitrogens with two attached hydrogens (primary N) is 1. The summed E-state index contributed by atoms with van der Waals surface area (Å²) in [5.74, 6) is 0.359. The zero-order valence-corrected chi connectivity index (χ0v) is 8.84. The lowest BCUT2D eigenvalue weighted by Gasteiger charge is -2.14. The molecule has 1 aromatic carbocycles. The minimum absolute atomic E-state index is 0.0742. The van der Waals surface area contributed by atoms with Gasteiger partial charge in [-0.1, -0.05) is 22.0 Å². The fourth-order valence-corrected chi connectivity index (χ4v) is 2.04. The Balaban J connectivity index is 2.41. The van der Waals surface area contributed by atoms with Gasteiger partial charge in [0.05, 0.1) is 0 Å². The molecule has 0 spiro atoms. The maximum atomic E-state index is 9.71. The molecule has 1 aliphatic rings. The molecule has 3 N–H and O–H groups in total. The first-order chi connectivity index (χ1) is 6.18. The Hall–Kier alpha value is -0.540. The smallest absolute Gasteiger partial charge is 0.120 e. The molecule has 2 nitrogen and oxygen atoms in total. The maximum absolute atomic E-state index is 9.71. The van der Waals surface area contributed by atoms with Crippen molar-refractivity contribution in [2.75, 3.05) is 6.54 Å². The molecule has 1 fully saturated rings. The summed E-state index contributed by atoms with van der Waals surface area (Å²) in [5, 5.41) is 9.71. The lowest BCUT2D eigenvalue weighted by molar-refractivity contribution is 0.458. The second-order valence-electron chi connectivity index (χ2n) is 3.65. The third-order valence-corrected chi connectivity index (χ3v) is 3.27. The molecule has 70 valence electrons. The Bertz CT molecular complexity index is 334. The highest BCUT2D eigenvalue weighted by atomic mass is 79.9. The highest BCUT2D eigenvalue weighted by molar-refractivity contribution is 9.10. The van der Waals surface area contributed by atoms with E-state index < -0.39 is 0 Å². The van der Waals surface area contributed by atoms with E-state index in [1.54, 1.807) is 6.07 Å². The van der Waals surface area contributed by atoms with Gasteiger partial charge >= 0.3 is 0 Å². The molecule has 0 saturated heterocycles. The predicted molar refractivity (Wildman–Crippen MR) is 55.8 cm³/mol. The fourth-order valence-electron chi connectivity index (χ4n) is 1.69. The molecule has 0 radical (unpaired) electrons. The summed E-state index contributed by atoms with van der Waals surface area (Å²) >= 11 is 3.31. The molecule has 13 heavy (non-hydrogen) atoms. The molecular formula is C10H12BrNO. The van der Waals surface area contributed by atoms with Crippen molar-refractivity contribution < 1.29 is 5.11 Å². The predicted octanol–water partition coefficient (Wildman–Crippen LogP) is 2.15. The van der Waals surface area contributed by atoms with E-state index in [2.05, 4.69) is 15.9 Å².